The van der Waals surface area contributed by atoms with Crippen LogP contribution in [0.5, 0.6) is 0 Å². The maximum Gasteiger partial charge on any atom is 0.0196 e. The molecule has 11 heavy (non-hydrogen) atoms. The van der Waals surface area contributed by atoms with Crippen molar-refractivity contribution in [3.63, 3.8) is 0 Å². The summed E-state index contributed by atoms with van der Waals surface area (Å²) < 4.78 is 0. The summed E-state index contributed by atoms with van der Waals surface area (Å²) in [6.07, 6.45) is 3.66. The van der Waals surface area contributed by atoms with E-state index in [1.807, 2.05) is 12.2 Å². The Morgan fingerprint density at radius 1 is 1.18 bits per heavy atom. The third kappa shape index (κ3) is 7.30. The van der Waals surface area contributed by atoms with Crippen molar-refractivity contribution in [3.8, 4) is 0 Å². The molecule has 0 aliphatic carbocycles. The lowest BCUT2D eigenvalue weighted by atomic mass is 10.3. The molecule has 0 aromatic heterocycles. The molecule has 63 valence electrons. The van der Waals surface area contributed by atoms with Crippen LogP contribution in [0.1, 0.15) is 0 Å². The molecule has 0 spiro atoms. The molecule has 1 radical (unpaired) electrons. The molecule has 0 aromatic rings. The Kier molecular flexibility index (Phi) is 7.10. The molecular weight excluding hydrogens is 136 g/mol. The highest BCUT2D eigenvalue weighted by molar-refractivity contribution is 4.79. The summed E-state index contributed by atoms with van der Waals surface area (Å²) in [6, 6.07) is 0.243. The first-order valence-electron chi connectivity index (χ1n) is 3.80. The molecule has 0 aromatic carbocycles. The highest BCUT2D eigenvalue weighted by atomic mass is 15.0. The number of rotatable bonds is 7. The van der Waals surface area contributed by atoms with Crippen LogP contribution in [0, 0.1) is 6.92 Å². The Morgan fingerprint density at radius 2 is 1.82 bits per heavy atom. The van der Waals surface area contributed by atoms with E-state index in [0.29, 0.717) is 0 Å². The van der Waals surface area contributed by atoms with Crippen LogP contribution < -0.4 is 10.6 Å². The molecule has 1 atom stereocenters. The van der Waals surface area contributed by atoms with Gasteiger partial charge in [0.25, 0.3) is 0 Å². The van der Waals surface area contributed by atoms with Crippen LogP contribution in [0.4, 0.5) is 0 Å². The average Bonchev–Trinajstić information content (AvgIpc) is 2.01. The van der Waals surface area contributed by atoms with Gasteiger partial charge >= 0.3 is 0 Å². The molecule has 0 aliphatic rings. The van der Waals surface area contributed by atoms with E-state index in [1.165, 1.54) is 0 Å². The first kappa shape index (κ1) is 10.4. The van der Waals surface area contributed by atoms with Gasteiger partial charge in [0, 0.05) is 25.7 Å². The Hall–Kier alpha value is -0.600. The number of nitrogens with one attached hydrogen (secondary N) is 2. The summed E-state index contributed by atoms with van der Waals surface area (Å²) in [6.45, 7) is 13.6. The topological polar surface area (TPSA) is 24.1 Å². The van der Waals surface area contributed by atoms with Gasteiger partial charge < -0.3 is 10.6 Å². The van der Waals surface area contributed by atoms with E-state index in [4.69, 9.17) is 0 Å². The molecule has 0 aliphatic heterocycles. The predicted molar refractivity (Wildman–Crippen MR) is 50.4 cm³/mol. The quantitative estimate of drug-likeness (QED) is 0.416. The van der Waals surface area contributed by atoms with Crippen LogP contribution >= 0.6 is 0 Å². The van der Waals surface area contributed by atoms with Gasteiger partial charge in [0.15, 0.2) is 0 Å². The van der Waals surface area contributed by atoms with Crippen LogP contribution in [0.25, 0.3) is 0 Å². The monoisotopic (exact) mass is 153 g/mol. The fraction of sp³-hybridized carbons (Fsp3) is 0.444. The van der Waals surface area contributed by atoms with Gasteiger partial charge in [-0.1, -0.05) is 12.2 Å². The standard InChI is InChI=1S/C9H17N2/c1-4-6-10-8-9(3)11-7-5-2/h4-5,9-11H,1-3,6-8H2. The average molecular weight is 153 g/mol. The van der Waals surface area contributed by atoms with Crippen LogP contribution in [-0.2, 0) is 0 Å². The molecule has 0 saturated heterocycles. The second kappa shape index (κ2) is 7.51. The molecule has 0 fully saturated rings. The Labute approximate surface area is 69.4 Å². The summed E-state index contributed by atoms with van der Waals surface area (Å²) >= 11 is 0. The highest BCUT2D eigenvalue weighted by Gasteiger charge is 1.96. The van der Waals surface area contributed by atoms with E-state index in [-0.39, 0.29) is 6.04 Å². The fourth-order valence-corrected chi connectivity index (χ4v) is 0.682. The zero-order chi connectivity index (χ0) is 8.53. The minimum Gasteiger partial charge on any atom is -0.312 e. The highest BCUT2D eigenvalue weighted by Crippen LogP contribution is 1.76. The van der Waals surface area contributed by atoms with Crippen LogP contribution in [-0.4, -0.2) is 25.7 Å². The maximum atomic E-state index is 3.89. The molecule has 2 nitrogen and oxygen atoms in total. The van der Waals surface area contributed by atoms with Crippen molar-refractivity contribution in [1.82, 2.24) is 10.6 Å². The molecule has 0 amide bonds. The summed E-state index contributed by atoms with van der Waals surface area (Å²) in [5.74, 6) is 0. The van der Waals surface area contributed by atoms with Crippen molar-refractivity contribution in [2.75, 3.05) is 19.6 Å². The maximum absolute atomic E-state index is 3.89. The minimum absolute atomic E-state index is 0.243. The lowest BCUT2D eigenvalue weighted by Gasteiger charge is -2.11. The van der Waals surface area contributed by atoms with E-state index >= 15 is 0 Å². The first-order valence-corrected chi connectivity index (χ1v) is 3.80. The molecule has 0 saturated carbocycles. The van der Waals surface area contributed by atoms with Gasteiger partial charge in [0.2, 0.25) is 0 Å². The van der Waals surface area contributed by atoms with Crippen LogP contribution in [0.15, 0.2) is 25.3 Å². The normalized spacial score (nSPS) is 12.5. The van der Waals surface area contributed by atoms with E-state index in [9.17, 15) is 0 Å². The van der Waals surface area contributed by atoms with Gasteiger partial charge in [0.05, 0.1) is 0 Å². The van der Waals surface area contributed by atoms with Gasteiger partial charge in [0.1, 0.15) is 0 Å². The molecule has 2 heteroatoms. The number of hydrogen-bond acceptors (Lipinski definition) is 2. The molecule has 2 N–H and O–H groups in total. The van der Waals surface area contributed by atoms with Gasteiger partial charge in [-0.05, 0) is 6.92 Å². The van der Waals surface area contributed by atoms with Crippen molar-refractivity contribution in [2.45, 2.75) is 6.04 Å². The summed E-state index contributed by atoms with van der Waals surface area (Å²) in [7, 11) is 0. The predicted octanol–water partition coefficient (Wildman–Crippen LogP) is 0.740. The zero-order valence-corrected chi connectivity index (χ0v) is 6.97. The van der Waals surface area contributed by atoms with Crippen LogP contribution in [0.3, 0.4) is 0 Å². The van der Waals surface area contributed by atoms with Gasteiger partial charge in [-0.2, -0.15) is 0 Å². The SMILES string of the molecule is [CH2]C(CNCC=C)NCC=C. The molecule has 0 bridgehead atoms. The van der Waals surface area contributed by atoms with Crippen LogP contribution in [0.2, 0.25) is 0 Å². The molecule has 0 rings (SSSR count). The van der Waals surface area contributed by atoms with E-state index in [2.05, 4.69) is 30.7 Å². The summed E-state index contributed by atoms with van der Waals surface area (Å²) in [4.78, 5) is 0. The van der Waals surface area contributed by atoms with E-state index in [1.54, 1.807) is 0 Å². The van der Waals surface area contributed by atoms with Crippen molar-refractivity contribution < 1.29 is 0 Å². The smallest absolute Gasteiger partial charge is 0.0196 e. The van der Waals surface area contributed by atoms with E-state index in [0.717, 1.165) is 19.6 Å². The Balaban J connectivity index is 3.14. The third-order valence-electron chi connectivity index (χ3n) is 1.23. The van der Waals surface area contributed by atoms with Crippen molar-refractivity contribution in [1.29, 1.82) is 0 Å². The molecular formula is C9H17N2. The van der Waals surface area contributed by atoms with E-state index < -0.39 is 0 Å². The Bertz CT molecular complexity index is 110. The molecule has 0 heterocycles. The minimum atomic E-state index is 0.243. The lowest BCUT2D eigenvalue weighted by molar-refractivity contribution is 0.578. The van der Waals surface area contributed by atoms with Crippen molar-refractivity contribution >= 4 is 0 Å². The van der Waals surface area contributed by atoms with Crippen molar-refractivity contribution in [2.24, 2.45) is 0 Å². The molecule has 1 unspecified atom stereocenters. The second-order valence-electron chi connectivity index (χ2n) is 2.34. The third-order valence-corrected chi connectivity index (χ3v) is 1.23. The lowest BCUT2D eigenvalue weighted by Crippen LogP contribution is -2.36. The zero-order valence-electron chi connectivity index (χ0n) is 6.97. The largest absolute Gasteiger partial charge is 0.312 e. The summed E-state index contributed by atoms with van der Waals surface area (Å²) in [5, 5.41) is 6.33. The second-order valence-corrected chi connectivity index (χ2v) is 2.34. The van der Waals surface area contributed by atoms with Crippen molar-refractivity contribution in [3.05, 3.63) is 32.2 Å². The van der Waals surface area contributed by atoms with Gasteiger partial charge in [-0.3, -0.25) is 0 Å². The van der Waals surface area contributed by atoms with Gasteiger partial charge in [-0.15, -0.1) is 13.2 Å². The first-order chi connectivity index (χ1) is 5.31. The van der Waals surface area contributed by atoms with Gasteiger partial charge in [-0.25, -0.2) is 0 Å². The fourth-order valence-electron chi connectivity index (χ4n) is 0.682. The Morgan fingerprint density at radius 3 is 2.36 bits per heavy atom. The summed E-state index contributed by atoms with van der Waals surface area (Å²) in [5.41, 5.74) is 0. The number of hydrogen-bond donors (Lipinski definition) is 2.